The van der Waals surface area contributed by atoms with Gasteiger partial charge in [-0.15, -0.1) is 0 Å². The van der Waals surface area contributed by atoms with Gasteiger partial charge in [0.1, 0.15) is 0 Å². The fourth-order valence-corrected chi connectivity index (χ4v) is 2.37. The number of nitrogens with zero attached hydrogens (tertiary/aromatic N) is 2. The first-order chi connectivity index (χ1) is 9.24. The number of benzene rings is 2. The van der Waals surface area contributed by atoms with Crippen LogP contribution in [0.4, 0.5) is 0 Å². The minimum atomic E-state index is 0.688. The summed E-state index contributed by atoms with van der Waals surface area (Å²) in [4.78, 5) is 0. The lowest BCUT2D eigenvalue weighted by Crippen LogP contribution is -1.94. The molecule has 4 heteroatoms. The molecule has 0 aliphatic heterocycles. The Kier molecular flexibility index (Phi) is 3.40. The first-order valence-electron chi connectivity index (χ1n) is 5.79. The van der Waals surface area contributed by atoms with Crippen molar-refractivity contribution in [3.63, 3.8) is 0 Å². The number of hydrogen-bond acceptors (Lipinski definition) is 1. The molecule has 0 atom stereocenters. The van der Waals surface area contributed by atoms with E-state index in [1.165, 1.54) is 0 Å². The average Bonchev–Trinajstić information content (AvgIpc) is 2.89. The molecule has 1 heterocycles. The van der Waals surface area contributed by atoms with Crippen molar-refractivity contribution in [3.8, 4) is 16.8 Å². The molecule has 0 bridgehead atoms. The highest BCUT2D eigenvalue weighted by molar-refractivity contribution is 9.10. The van der Waals surface area contributed by atoms with Gasteiger partial charge in [-0.25, -0.2) is 4.68 Å². The highest BCUT2D eigenvalue weighted by atomic mass is 79.9. The van der Waals surface area contributed by atoms with Crippen LogP contribution in [0.3, 0.4) is 0 Å². The second kappa shape index (κ2) is 5.19. The van der Waals surface area contributed by atoms with Crippen LogP contribution in [0.5, 0.6) is 0 Å². The Morgan fingerprint density at radius 2 is 1.68 bits per heavy atom. The summed E-state index contributed by atoms with van der Waals surface area (Å²) in [5, 5.41) is 5.05. The lowest BCUT2D eigenvalue weighted by atomic mass is 10.1. The summed E-state index contributed by atoms with van der Waals surface area (Å²) in [7, 11) is 0. The number of hydrogen-bond donors (Lipinski definition) is 0. The average molecular weight is 334 g/mol. The molecule has 0 aliphatic rings. The van der Waals surface area contributed by atoms with Gasteiger partial charge >= 0.3 is 0 Å². The normalized spacial score (nSPS) is 10.6. The minimum Gasteiger partial charge on any atom is -0.239 e. The second-order valence-corrected chi connectivity index (χ2v) is 5.45. The standard InChI is InChI=1S/C15H10BrClN2/c16-13-7-5-11(6-8-13)12-9-18-19(10-12)15-4-2-1-3-14(15)17/h1-10H. The Morgan fingerprint density at radius 3 is 2.42 bits per heavy atom. The van der Waals surface area contributed by atoms with Crippen LogP contribution in [0.15, 0.2) is 65.4 Å². The summed E-state index contributed by atoms with van der Waals surface area (Å²) in [5.41, 5.74) is 3.07. The van der Waals surface area contributed by atoms with Gasteiger partial charge < -0.3 is 0 Å². The monoisotopic (exact) mass is 332 g/mol. The number of halogens is 2. The molecule has 0 fully saturated rings. The zero-order valence-corrected chi connectivity index (χ0v) is 12.3. The third kappa shape index (κ3) is 2.57. The fraction of sp³-hybridized carbons (Fsp3) is 0. The third-order valence-corrected chi connectivity index (χ3v) is 3.71. The molecule has 2 nitrogen and oxygen atoms in total. The van der Waals surface area contributed by atoms with Crippen LogP contribution >= 0.6 is 27.5 Å². The molecule has 0 radical (unpaired) electrons. The molecule has 94 valence electrons. The predicted molar refractivity (Wildman–Crippen MR) is 81.7 cm³/mol. The van der Waals surface area contributed by atoms with Crippen molar-refractivity contribution in [1.29, 1.82) is 0 Å². The maximum Gasteiger partial charge on any atom is 0.0831 e. The van der Waals surface area contributed by atoms with E-state index in [4.69, 9.17) is 11.6 Å². The third-order valence-electron chi connectivity index (χ3n) is 2.86. The Hall–Kier alpha value is -1.58. The maximum atomic E-state index is 6.17. The summed E-state index contributed by atoms with van der Waals surface area (Å²) in [6.45, 7) is 0. The van der Waals surface area contributed by atoms with E-state index in [1.807, 2.05) is 48.8 Å². The van der Waals surface area contributed by atoms with E-state index in [1.54, 1.807) is 4.68 Å². The van der Waals surface area contributed by atoms with E-state index in [9.17, 15) is 0 Å². The SMILES string of the molecule is Clc1ccccc1-n1cc(-c2ccc(Br)cc2)cn1. The predicted octanol–water partition coefficient (Wildman–Crippen LogP) is 4.96. The van der Waals surface area contributed by atoms with Crippen molar-refractivity contribution < 1.29 is 0 Å². The molecule has 0 saturated heterocycles. The smallest absolute Gasteiger partial charge is 0.0831 e. The molecule has 0 aliphatic carbocycles. The van der Waals surface area contributed by atoms with Gasteiger partial charge in [0.05, 0.1) is 16.9 Å². The van der Waals surface area contributed by atoms with Crippen molar-refractivity contribution in [3.05, 3.63) is 70.4 Å². The molecular formula is C15H10BrClN2. The Labute approximate surface area is 124 Å². The number of rotatable bonds is 2. The molecular weight excluding hydrogens is 324 g/mol. The van der Waals surface area contributed by atoms with E-state index in [0.29, 0.717) is 5.02 Å². The quantitative estimate of drug-likeness (QED) is 0.648. The summed E-state index contributed by atoms with van der Waals surface area (Å²) in [6, 6.07) is 15.8. The molecule has 2 aromatic carbocycles. The van der Waals surface area contributed by atoms with Gasteiger partial charge in [-0.3, -0.25) is 0 Å². The zero-order chi connectivity index (χ0) is 13.2. The highest BCUT2D eigenvalue weighted by Crippen LogP contribution is 2.24. The van der Waals surface area contributed by atoms with Crippen LogP contribution in [0.1, 0.15) is 0 Å². The van der Waals surface area contributed by atoms with Crippen LogP contribution in [0.2, 0.25) is 5.02 Å². The topological polar surface area (TPSA) is 17.8 Å². The van der Waals surface area contributed by atoms with E-state index >= 15 is 0 Å². The molecule has 1 aromatic heterocycles. The van der Waals surface area contributed by atoms with Crippen LogP contribution in [0.25, 0.3) is 16.8 Å². The molecule has 0 amide bonds. The molecule has 0 spiro atoms. The lowest BCUT2D eigenvalue weighted by molar-refractivity contribution is 0.881. The second-order valence-electron chi connectivity index (χ2n) is 4.13. The van der Waals surface area contributed by atoms with Gasteiger partial charge in [0.2, 0.25) is 0 Å². The zero-order valence-electron chi connectivity index (χ0n) is 9.92. The first-order valence-corrected chi connectivity index (χ1v) is 6.96. The molecule has 0 saturated carbocycles. The van der Waals surface area contributed by atoms with Crippen molar-refractivity contribution in [2.75, 3.05) is 0 Å². The lowest BCUT2D eigenvalue weighted by Gasteiger charge is -2.02. The van der Waals surface area contributed by atoms with Crippen LogP contribution in [-0.2, 0) is 0 Å². The van der Waals surface area contributed by atoms with Gasteiger partial charge in [-0.1, -0.05) is 51.8 Å². The Bertz CT molecular complexity index is 704. The van der Waals surface area contributed by atoms with E-state index < -0.39 is 0 Å². The largest absolute Gasteiger partial charge is 0.239 e. The minimum absolute atomic E-state index is 0.688. The van der Waals surface area contributed by atoms with Crippen LogP contribution in [0, 0.1) is 0 Å². The molecule has 0 unspecified atom stereocenters. The van der Waals surface area contributed by atoms with E-state index in [0.717, 1.165) is 21.3 Å². The summed E-state index contributed by atoms with van der Waals surface area (Å²) >= 11 is 9.60. The van der Waals surface area contributed by atoms with Gasteiger partial charge in [-0.2, -0.15) is 5.10 Å². The van der Waals surface area contributed by atoms with Gasteiger partial charge in [0.15, 0.2) is 0 Å². The van der Waals surface area contributed by atoms with Crippen molar-refractivity contribution in [1.82, 2.24) is 9.78 Å². The number of aromatic nitrogens is 2. The van der Waals surface area contributed by atoms with Gasteiger partial charge in [0.25, 0.3) is 0 Å². The van der Waals surface area contributed by atoms with Gasteiger partial charge in [-0.05, 0) is 29.8 Å². The summed E-state index contributed by atoms with van der Waals surface area (Å²) in [5.74, 6) is 0. The highest BCUT2D eigenvalue weighted by Gasteiger charge is 2.05. The summed E-state index contributed by atoms with van der Waals surface area (Å²) in [6.07, 6.45) is 3.82. The van der Waals surface area contributed by atoms with Crippen molar-refractivity contribution >= 4 is 27.5 Å². The van der Waals surface area contributed by atoms with Crippen molar-refractivity contribution in [2.24, 2.45) is 0 Å². The molecule has 3 rings (SSSR count). The van der Waals surface area contributed by atoms with E-state index in [2.05, 4.69) is 33.2 Å². The van der Waals surface area contributed by atoms with Gasteiger partial charge in [0, 0.05) is 16.2 Å². The first kappa shape index (κ1) is 12.5. The number of para-hydroxylation sites is 1. The molecule has 3 aromatic rings. The van der Waals surface area contributed by atoms with Crippen LogP contribution < -0.4 is 0 Å². The molecule has 0 N–H and O–H groups in total. The molecule has 19 heavy (non-hydrogen) atoms. The Morgan fingerprint density at radius 1 is 0.947 bits per heavy atom. The summed E-state index contributed by atoms with van der Waals surface area (Å²) < 4.78 is 2.86. The Balaban J connectivity index is 2.00. The van der Waals surface area contributed by atoms with Crippen molar-refractivity contribution in [2.45, 2.75) is 0 Å². The van der Waals surface area contributed by atoms with E-state index in [-0.39, 0.29) is 0 Å². The maximum absolute atomic E-state index is 6.17. The fourth-order valence-electron chi connectivity index (χ4n) is 1.88. The van der Waals surface area contributed by atoms with Crippen LogP contribution in [-0.4, -0.2) is 9.78 Å².